The van der Waals surface area contributed by atoms with E-state index in [0.717, 1.165) is 17.1 Å². The van der Waals surface area contributed by atoms with Crippen LogP contribution < -0.4 is 0 Å². The van der Waals surface area contributed by atoms with E-state index in [1.807, 2.05) is 6.20 Å². The van der Waals surface area contributed by atoms with Gasteiger partial charge < -0.3 is 4.90 Å². The van der Waals surface area contributed by atoms with Crippen LogP contribution in [0.25, 0.3) is 0 Å². The maximum Gasteiger partial charge on any atom is 0.227 e. The zero-order chi connectivity index (χ0) is 16.6. The minimum absolute atomic E-state index is 0.0223. The molecule has 4 nitrogen and oxygen atoms in total. The van der Waals surface area contributed by atoms with E-state index in [0.29, 0.717) is 18.7 Å². The molecule has 2 heterocycles. The van der Waals surface area contributed by atoms with Gasteiger partial charge in [-0.2, -0.15) is 0 Å². The fraction of sp³-hybridized carbons (Fsp3) is 0.389. The van der Waals surface area contributed by atoms with E-state index in [-0.39, 0.29) is 23.6 Å². The van der Waals surface area contributed by atoms with E-state index in [2.05, 4.69) is 30.7 Å². The second kappa shape index (κ2) is 5.72. The van der Waals surface area contributed by atoms with Crippen molar-refractivity contribution < 1.29 is 9.18 Å². The summed E-state index contributed by atoms with van der Waals surface area (Å²) in [5.41, 5.74) is 2.48. The van der Waals surface area contributed by atoms with E-state index in [4.69, 9.17) is 0 Å². The van der Waals surface area contributed by atoms with E-state index in [1.54, 1.807) is 17.0 Å². The molecule has 1 aromatic carbocycles. The number of nitrogens with zero attached hydrogens (tertiary/aromatic N) is 3. The lowest BCUT2D eigenvalue weighted by atomic mass is 9.95. The second-order valence-electron chi connectivity index (χ2n) is 6.97. The smallest absolute Gasteiger partial charge is 0.227 e. The minimum Gasteiger partial charge on any atom is -0.332 e. The number of hydrogen-bond donors (Lipinski definition) is 0. The van der Waals surface area contributed by atoms with Crippen molar-refractivity contribution in [3.05, 3.63) is 58.9 Å². The van der Waals surface area contributed by atoms with Crippen LogP contribution in [0.1, 0.15) is 43.4 Å². The van der Waals surface area contributed by atoms with Crippen LogP contribution in [0.2, 0.25) is 0 Å². The zero-order valence-electron chi connectivity index (χ0n) is 13.6. The average molecular weight is 313 g/mol. The summed E-state index contributed by atoms with van der Waals surface area (Å²) in [6.07, 6.45) is 2.02. The Morgan fingerprint density at radius 1 is 1.30 bits per heavy atom. The Labute approximate surface area is 135 Å². The number of rotatable bonds is 2. The molecule has 3 rings (SSSR count). The van der Waals surface area contributed by atoms with E-state index in [1.165, 1.54) is 12.1 Å². The third-order valence-electron chi connectivity index (χ3n) is 3.92. The number of amides is 1. The molecule has 1 amide bonds. The molecule has 1 aliphatic rings. The van der Waals surface area contributed by atoms with Gasteiger partial charge in [-0.3, -0.25) is 4.79 Å². The molecule has 120 valence electrons. The number of fused-ring (bicyclic) bond motifs is 1. The first-order valence-corrected chi connectivity index (χ1v) is 7.70. The summed E-state index contributed by atoms with van der Waals surface area (Å²) < 4.78 is 13.2. The van der Waals surface area contributed by atoms with Gasteiger partial charge in [-0.05, 0) is 17.7 Å². The maximum atomic E-state index is 13.2. The van der Waals surface area contributed by atoms with Crippen LogP contribution in [0.5, 0.6) is 0 Å². The first-order valence-electron chi connectivity index (χ1n) is 7.70. The summed E-state index contributed by atoms with van der Waals surface area (Å²) >= 11 is 0. The predicted octanol–water partition coefficient (Wildman–Crippen LogP) is 3.00. The van der Waals surface area contributed by atoms with Crippen molar-refractivity contribution in [1.82, 2.24) is 14.9 Å². The summed E-state index contributed by atoms with van der Waals surface area (Å²) in [6, 6.07) is 6.17. The van der Waals surface area contributed by atoms with Gasteiger partial charge in [-0.1, -0.05) is 32.9 Å². The quantitative estimate of drug-likeness (QED) is 0.856. The lowest BCUT2D eigenvalue weighted by molar-refractivity contribution is -0.131. The number of carbonyl (C=O) groups is 1. The van der Waals surface area contributed by atoms with Gasteiger partial charge in [-0.15, -0.1) is 0 Å². The highest BCUT2D eigenvalue weighted by Crippen LogP contribution is 2.25. The number of halogens is 1. The monoisotopic (exact) mass is 313 g/mol. The standard InChI is InChI=1S/C18H20FN3O/c1-18(2,3)17-20-9-13-10-22(11-15(13)21-17)16(23)8-12-5-4-6-14(19)7-12/h4-7,9H,8,10-11H2,1-3H3. The van der Waals surface area contributed by atoms with E-state index in [9.17, 15) is 9.18 Å². The van der Waals surface area contributed by atoms with Gasteiger partial charge in [0.2, 0.25) is 5.91 Å². The fourth-order valence-electron chi connectivity index (χ4n) is 2.62. The van der Waals surface area contributed by atoms with E-state index < -0.39 is 0 Å². The molecule has 23 heavy (non-hydrogen) atoms. The molecule has 1 aromatic heterocycles. The Morgan fingerprint density at radius 2 is 2.09 bits per heavy atom. The molecule has 2 aromatic rings. The molecule has 0 saturated carbocycles. The van der Waals surface area contributed by atoms with Crippen molar-refractivity contribution in [3.8, 4) is 0 Å². The van der Waals surface area contributed by atoms with Crippen molar-refractivity contribution in [2.45, 2.75) is 45.7 Å². The third-order valence-corrected chi connectivity index (χ3v) is 3.92. The van der Waals surface area contributed by atoms with Crippen LogP contribution in [0.4, 0.5) is 4.39 Å². The topological polar surface area (TPSA) is 46.1 Å². The Bertz CT molecular complexity index is 752. The van der Waals surface area contributed by atoms with Crippen molar-refractivity contribution in [3.63, 3.8) is 0 Å². The van der Waals surface area contributed by atoms with Crippen molar-refractivity contribution in [2.24, 2.45) is 0 Å². The number of aromatic nitrogens is 2. The van der Waals surface area contributed by atoms with Crippen LogP contribution in [0, 0.1) is 5.82 Å². The first kappa shape index (κ1) is 15.6. The van der Waals surface area contributed by atoms with Gasteiger partial charge >= 0.3 is 0 Å². The molecule has 0 saturated heterocycles. The van der Waals surface area contributed by atoms with Gasteiger partial charge in [0.05, 0.1) is 18.7 Å². The van der Waals surface area contributed by atoms with Crippen LogP contribution >= 0.6 is 0 Å². The largest absolute Gasteiger partial charge is 0.332 e. The lowest BCUT2D eigenvalue weighted by Gasteiger charge is -2.16. The van der Waals surface area contributed by atoms with Crippen LogP contribution in [-0.4, -0.2) is 20.8 Å². The molecular formula is C18H20FN3O. The molecule has 0 fully saturated rings. The van der Waals surface area contributed by atoms with E-state index >= 15 is 0 Å². The Kier molecular flexibility index (Phi) is 3.88. The minimum atomic E-state index is -0.319. The average Bonchev–Trinajstić information content (AvgIpc) is 2.89. The van der Waals surface area contributed by atoms with Gasteiger partial charge in [0.1, 0.15) is 11.6 Å². The Balaban J connectivity index is 1.73. The highest BCUT2D eigenvalue weighted by atomic mass is 19.1. The predicted molar refractivity (Wildman–Crippen MR) is 85.1 cm³/mol. The van der Waals surface area contributed by atoms with Crippen LogP contribution in [0.15, 0.2) is 30.5 Å². The van der Waals surface area contributed by atoms with Gasteiger partial charge in [0, 0.05) is 23.7 Å². The van der Waals surface area contributed by atoms with Gasteiger partial charge in [0.15, 0.2) is 0 Å². The van der Waals surface area contributed by atoms with Crippen LogP contribution in [0.3, 0.4) is 0 Å². The van der Waals surface area contributed by atoms with Crippen molar-refractivity contribution >= 4 is 5.91 Å². The summed E-state index contributed by atoms with van der Waals surface area (Å²) in [5, 5.41) is 0. The summed E-state index contributed by atoms with van der Waals surface area (Å²) in [5.74, 6) is 0.447. The Morgan fingerprint density at radius 3 is 2.78 bits per heavy atom. The molecule has 5 heteroatoms. The highest BCUT2D eigenvalue weighted by Gasteiger charge is 2.27. The molecular weight excluding hydrogens is 293 g/mol. The van der Waals surface area contributed by atoms with Gasteiger partial charge in [0.25, 0.3) is 0 Å². The van der Waals surface area contributed by atoms with Crippen molar-refractivity contribution in [2.75, 3.05) is 0 Å². The molecule has 0 radical (unpaired) electrons. The SMILES string of the molecule is CC(C)(C)c1ncc2c(n1)CN(C(=O)Cc1cccc(F)c1)C2. The summed E-state index contributed by atoms with van der Waals surface area (Å²) in [6.45, 7) is 7.21. The Hall–Kier alpha value is -2.30. The summed E-state index contributed by atoms with van der Waals surface area (Å²) in [7, 11) is 0. The first-order chi connectivity index (χ1) is 10.8. The molecule has 0 spiro atoms. The maximum absolute atomic E-state index is 13.2. The fourth-order valence-corrected chi connectivity index (χ4v) is 2.62. The lowest BCUT2D eigenvalue weighted by Crippen LogP contribution is -2.27. The molecule has 0 bridgehead atoms. The third kappa shape index (κ3) is 3.38. The molecule has 0 unspecified atom stereocenters. The number of carbonyl (C=O) groups excluding carboxylic acids is 1. The second-order valence-corrected chi connectivity index (χ2v) is 6.97. The number of hydrogen-bond acceptors (Lipinski definition) is 3. The summed E-state index contributed by atoms with van der Waals surface area (Å²) in [4.78, 5) is 23.2. The molecule has 0 atom stereocenters. The highest BCUT2D eigenvalue weighted by molar-refractivity contribution is 5.79. The molecule has 1 aliphatic heterocycles. The van der Waals surface area contributed by atoms with Crippen LogP contribution in [-0.2, 0) is 29.7 Å². The molecule has 0 N–H and O–H groups in total. The molecule has 0 aliphatic carbocycles. The zero-order valence-corrected chi connectivity index (χ0v) is 13.6. The normalized spacial score (nSPS) is 14.0. The van der Waals surface area contributed by atoms with Gasteiger partial charge in [-0.25, -0.2) is 14.4 Å². The number of benzene rings is 1. The van der Waals surface area contributed by atoms with Crippen molar-refractivity contribution in [1.29, 1.82) is 0 Å².